The highest BCUT2D eigenvalue weighted by Gasteiger charge is 2.21. The van der Waals surface area contributed by atoms with Gasteiger partial charge in [-0.1, -0.05) is 29.8 Å². The molecule has 0 unspecified atom stereocenters. The van der Waals surface area contributed by atoms with E-state index in [-0.39, 0.29) is 5.56 Å². The standard InChI is InChI=1S/C21H21N5O/c1-14-9-10-17-15(12-14)6-5-11-25(17)13-19-22-23-21-24(2)20(27)16-7-3-4-8-18(16)26(19)21/h3-4,7-10,12H,5-6,11,13H2,1-2H3. The molecule has 1 aliphatic rings. The first kappa shape index (κ1) is 16.1. The number of aromatic nitrogens is 4. The molecule has 0 aliphatic carbocycles. The molecule has 3 heterocycles. The zero-order chi connectivity index (χ0) is 18.5. The van der Waals surface area contributed by atoms with Gasteiger partial charge in [0.25, 0.3) is 5.56 Å². The molecule has 4 aromatic rings. The summed E-state index contributed by atoms with van der Waals surface area (Å²) < 4.78 is 3.59. The molecule has 0 radical (unpaired) electrons. The van der Waals surface area contributed by atoms with Gasteiger partial charge in [-0.25, -0.2) is 0 Å². The van der Waals surface area contributed by atoms with E-state index in [2.05, 4.69) is 40.2 Å². The van der Waals surface area contributed by atoms with Crippen LogP contribution in [-0.4, -0.2) is 25.7 Å². The van der Waals surface area contributed by atoms with Crippen molar-refractivity contribution in [3.05, 3.63) is 69.8 Å². The van der Waals surface area contributed by atoms with Crippen molar-refractivity contribution in [2.75, 3.05) is 11.4 Å². The molecule has 0 atom stereocenters. The lowest BCUT2D eigenvalue weighted by Gasteiger charge is -2.31. The lowest BCUT2D eigenvalue weighted by Crippen LogP contribution is -2.30. The molecule has 27 heavy (non-hydrogen) atoms. The van der Waals surface area contributed by atoms with Gasteiger partial charge < -0.3 is 4.90 Å². The summed E-state index contributed by atoms with van der Waals surface area (Å²) in [4.78, 5) is 15.0. The van der Waals surface area contributed by atoms with E-state index in [0.29, 0.717) is 17.7 Å². The van der Waals surface area contributed by atoms with Crippen LogP contribution in [0.2, 0.25) is 0 Å². The molecule has 0 bridgehead atoms. The summed E-state index contributed by atoms with van der Waals surface area (Å²) in [5, 5.41) is 9.44. The van der Waals surface area contributed by atoms with Crippen molar-refractivity contribution < 1.29 is 0 Å². The summed E-state index contributed by atoms with van der Waals surface area (Å²) in [6.07, 6.45) is 2.25. The molecule has 0 saturated carbocycles. The monoisotopic (exact) mass is 359 g/mol. The second-order valence-electron chi connectivity index (χ2n) is 7.29. The first-order chi connectivity index (χ1) is 13.1. The Morgan fingerprint density at radius 1 is 1.11 bits per heavy atom. The Morgan fingerprint density at radius 2 is 1.96 bits per heavy atom. The summed E-state index contributed by atoms with van der Waals surface area (Å²) in [7, 11) is 1.75. The second kappa shape index (κ2) is 5.94. The fourth-order valence-electron chi connectivity index (χ4n) is 4.13. The molecule has 0 amide bonds. The van der Waals surface area contributed by atoms with E-state index >= 15 is 0 Å². The van der Waals surface area contributed by atoms with Crippen molar-refractivity contribution in [1.29, 1.82) is 0 Å². The Balaban J connectivity index is 1.67. The van der Waals surface area contributed by atoms with Gasteiger partial charge in [0.15, 0.2) is 5.82 Å². The van der Waals surface area contributed by atoms with Crippen LogP contribution >= 0.6 is 0 Å². The number of benzene rings is 2. The van der Waals surface area contributed by atoms with Crippen LogP contribution in [-0.2, 0) is 20.0 Å². The first-order valence-electron chi connectivity index (χ1n) is 9.30. The molecule has 6 nitrogen and oxygen atoms in total. The predicted molar refractivity (Wildman–Crippen MR) is 106 cm³/mol. The third-order valence-corrected chi connectivity index (χ3v) is 5.48. The molecule has 2 aromatic carbocycles. The van der Waals surface area contributed by atoms with Gasteiger partial charge >= 0.3 is 0 Å². The maximum atomic E-state index is 12.6. The van der Waals surface area contributed by atoms with E-state index in [1.54, 1.807) is 11.6 Å². The van der Waals surface area contributed by atoms with Gasteiger partial charge in [0.05, 0.1) is 17.4 Å². The van der Waals surface area contributed by atoms with Crippen molar-refractivity contribution in [1.82, 2.24) is 19.2 Å². The van der Waals surface area contributed by atoms with Crippen LogP contribution in [0, 0.1) is 6.92 Å². The molecule has 6 heteroatoms. The minimum absolute atomic E-state index is 0.0455. The molecule has 1 aliphatic heterocycles. The Bertz CT molecular complexity index is 1240. The third kappa shape index (κ3) is 2.44. The first-order valence-corrected chi connectivity index (χ1v) is 9.30. The fraction of sp³-hybridized carbons (Fsp3) is 0.286. The zero-order valence-corrected chi connectivity index (χ0v) is 15.5. The highest BCUT2D eigenvalue weighted by Crippen LogP contribution is 2.29. The normalized spacial score (nSPS) is 14.1. The predicted octanol–water partition coefficient (Wildman–Crippen LogP) is 2.84. The minimum atomic E-state index is -0.0455. The van der Waals surface area contributed by atoms with Crippen LogP contribution < -0.4 is 10.5 Å². The maximum absolute atomic E-state index is 12.6. The summed E-state index contributed by atoms with van der Waals surface area (Å²) in [5.74, 6) is 1.43. The summed E-state index contributed by atoms with van der Waals surface area (Å²) in [6.45, 7) is 3.80. The van der Waals surface area contributed by atoms with Gasteiger partial charge in [-0.3, -0.25) is 13.8 Å². The van der Waals surface area contributed by atoms with Crippen LogP contribution in [0.15, 0.2) is 47.3 Å². The van der Waals surface area contributed by atoms with Crippen LogP contribution in [0.5, 0.6) is 0 Å². The van der Waals surface area contributed by atoms with Gasteiger partial charge in [0, 0.05) is 19.3 Å². The van der Waals surface area contributed by atoms with Gasteiger partial charge in [-0.15, -0.1) is 10.2 Å². The average molecular weight is 359 g/mol. The van der Waals surface area contributed by atoms with Crippen molar-refractivity contribution in [2.24, 2.45) is 7.05 Å². The topological polar surface area (TPSA) is 55.4 Å². The molecular formula is C21H21N5O. The molecule has 2 aromatic heterocycles. The number of hydrogen-bond donors (Lipinski definition) is 0. The number of nitrogens with zero attached hydrogens (tertiary/aromatic N) is 5. The summed E-state index contributed by atoms with van der Waals surface area (Å²) in [5.41, 5.74) is 4.78. The molecule has 136 valence electrons. The molecule has 0 fully saturated rings. The van der Waals surface area contributed by atoms with E-state index in [0.717, 1.165) is 30.7 Å². The number of aryl methyl sites for hydroxylation is 3. The average Bonchev–Trinajstić information content (AvgIpc) is 3.10. The van der Waals surface area contributed by atoms with E-state index in [1.807, 2.05) is 28.7 Å². The van der Waals surface area contributed by atoms with Crippen LogP contribution in [0.25, 0.3) is 16.7 Å². The third-order valence-electron chi connectivity index (χ3n) is 5.48. The van der Waals surface area contributed by atoms with Crippen LogP contribution in [0.4, 0.5) is 5.69 Å². The Hall–Kier alpha value is -3.15. The zero-order valence-electron chi connectivity index (χ0n) is 15.5. The molecule has 0 saturated heterocycles. The number of para-hydroxylation sites is 1. The lowest BCUT2D eigenvalue weighted by molar-refractivity contribution is 0.671. The van der Waals surface area contributed by atoms with Gasteiger partial charge in [-0.2, -0.15) is 0 Å². The van der Waals surface area contributed by atoms with Crippen molar-refractivity contribution in [3.63, 3.8) is 0 Å². The molecule has 0 N–H and O–H groups in total. The van der Waals surface area contributed by atoms with Crippen molar-refractivity contribution >= 4 is 22.4 Å². The molecule has 5 rings (SSSR count). The van der Waals surface area contributed by atoms with E-state index in [9.17, 15) is 4.79 Å². The Labute approximate surface area is 156 Å². The highest BCUT2D eigenvalue weighted by molar-refractivity contribution is 5.80. The summed E-state index contributed by atoms with van der Waals surface area (Å²) >= 11 is 0. The Morgan fingerprint density at radius 3 is 2.85 bits per heavy atom. The smallest absolute Gasteiger partial charge is 0.262 e. The lowest BCUT2D eigenvalue weighted by atomic mass is 9.99. The number of rotatable bonds is 2. The van der Waals surface area contributed by atoms with Crippen molar-refractivity contribution in [3.8, 4) is 0 Å². The quantitative estimate of drug-likeness (QED) is 0.552. The fourth-order valence-corrected chi connectivity index (χ4v) is 4.13. The largest absolute Gasteiger partial charge is 0.364 e. The van der Waals surface area contributed by atoms with Gasteiger partial charge in [0.1, 0.15) is 0 Å². The Kier molecular flexibility index (Phi) is 3.53. The highest BCUT2D eigenvalue weighted by atomic mass is 16.1. The number of fused-ring (bicyclic) bond motifs is 4. The summed E-state index contributed by atoms with van der Waals surface area (Å²) in [6, 6.07) is 14.3. The van der Waals surface area contributed by atoms with Crippen LogP contribution in [0.3, 0.4) is 0 Å². The van der Waals surface area contributed by atoms with E-state index in [4.69, 9.17) is 0 Å². The van der Waals surface area contributed by atoms with E-state index in [1.165, 1.54) is 16.8 Å². The SMILES string of the molecule is Cc1ccc2c(c1)CCCN2Cc1nnc2n(C)c(=O)c3ccccc3n12. The van der Waals surface area contributed by atoms with E-state index < -0.39 is 0 Å². The second-order valence-corrected chi connectivity index (χ2v) is 7.29. The maximum Gasteiger partial charge on any atom is 0.262 e. The molecule has 0 spiro atoms. The number of hydrogen-bond acceptors (Lipinski definition) is 4. The van der Waals surface area contributed by atoms with Gasteiger partial charge in [-0.05, 0) is 43.5 Å². The van der Waals surface area contributed by atoms with Crippen LogP contribution in [0.1, 0.15) is 23.4 Å². The minimum Gasteiger partial charge on any atom is -0.364 e. The van der Waals surface area contributed by atoms with Crippen molar-refractivity contribution in [2.45, 2.75) is 26.3 Å². The molecular weight excluding hydrogens is 338 g/mol. The van der Waals surface area contributed by atoms with Gasteiger partial charge in [0.2, 0.25) is 5.78 Å². The number of anilines is 1.